The van der Waals surface area contributed by atoms with Crippen LogP contribution < -0.4 is 0 Å². The van der Waals surface area contributed by atoms with E-state index in [4.69, 9.17) is 46.4 Å². The van der Waals surface area contributed by atoms with Crippen molar-refractivity contribution in [3.63, 3.8) is 0 Å². The molecule has 0 heterocycles. The Balaban J connectivity index is -0.0000000501. The van der Waals surface area contributed by atoms with Crippen molar-refractivity contribution >= 4 is 46.4 Å². The summed E-state index contributed by atoms with van der Waals surface area (Å²) in [7, 11) is 0. The molecule has 2 N–H and O–H groups in total. The van der Waals surface area contributed by atoms with Gasteiger partial charge in [0, 0.05) is 0 Å². The molecule has 0 radical (unpaired) electrons. The number of alkyl halides is 4. The zero-order chi connectivity index (χ0) is 10.2. The topological polar surface area (TPSA) is 31.5 Å². The summed E-state index contributed by atoms with van der Waals surface area (Å²) in [5, 5.41) is 0.389. The molecular formula is C8H20Cl4O. The van der Waals surface area contributed by atoms with E-state index in [1.165, 1.54) is 25.7 Å². The van der Waals surface area contributed by atoms with Crippen LogP contribution in [0.4, 0.5) is 0 Å². The van der Waals surface area contributed by atoms with E-state index >= 15 is 0 Å². The molecule has 0 aromatic carbocycles. The maximum Gasteiger partial charge on any atom is 0.0967 e. The fourth-order valence-corrected chi connectivity index (χ4v) is 0.500. The van der Waals surface area contributed by atoms with Gasteiger partial charge in [-0.1, -0.05) is 39.5 Å². The molecule has 0 spiro atoms. The number of hydrogen-bond acceptors (Lipinski definition) is 0. The van der Waals surface area contributed by atoms with Crippen LogP contribution in [0.25, 0.3) is 0 Å². The third-order valence-electron chi connectivity index (χ3n) is 0.957. The Bertz CT molecular complexity index is 41.1. The zero-order valence-corrected chi connectivity index (χ0v) is 11.3. The van der Waals surface area contributed by atoms with E-state index in [1.807, 2.05) is 0 Å². The van der Waals surface area contributed by atoms with Gasteiger partial charge < -0.3 is 5.48 Å². The van der Waals surface area contributed by atoms with Crippen molar-refractivity contribution in [1.82, 2.24) is 0 Å². The van der Waals surface area contributed by atoms with Crippen molar-refractivity contribution in [3.8, 4) is 0 Å². The van der Waals surface area contributed by atoms with Crippen LogP contribution in [0.2, 0.25) is 0 Å². The van der Waals surface area contributed by atoms with Gasteiger partial charge in [-0.2, -0.15) is 0 Å². The number of hydrogen-bond donors (Lipinski definition) is 0. The lowest BCUT2D eigenvalue weighted by atomic mass is 10.2. The first-order valence-corrected chi connectivity index (χ1v) is 6.12. The summed E-state index contributed by atoms with van der Waals surface area (Å²) in [5.41, 5.74) is 0. The van der Waals surface area contributed by atoms with Crippen molar-refractivity contribution in [3.05, 3.63) is 0 Å². The van der Waals surface area contributed by atoms with Gasteiger partial charge in [0.25, 0.3) is 0 Å². The molecule has 0 bridgehead atoms. The summed E-state index contributed by atoms with van der Waals surface area (Å²) in [5.74, 6) is 0. The first-order chi connectivity index (χ1) is 5.74. The molecule has 0 amide bonds. The minimum Gasteiger partial charge on any atom is -0.412 e. The van der Waals surface area contributed by atoms with Crippen LogP contribution in [0.1, 0.15) is 39.5 Å². The van der Waals surface area contributed by atoms with Gasteiger partial charge in [0.15, 0.2) is 0 Å². The summed E-state index contributed by atoms with van der Waals surface area (Å²) in [6.45, 7) is 4.46. The molecule has 1 nitrogen and oxygen atoms in total. The highest BCUT2D eigenvalue weighted by Gasteiger charge is 1.75. The lowest BCUT2D eigenvalue weighted by Crippen LogP contribution is -1.66. The van der Waals surface area contributed by atoms with Crippen molar-refractivity contribution in [2.75, 3.05) is 10.7 Å². The smallest absolute Gasteiger partial charge is 0.0967 e. The van der Waals surface area contributed by atoms with Crippen LogP contribution in [0.5, 0.6) is 0 Å². The minimum atomic E-state index is 0. The molecule has 0 aromatic heterocycles. The molecule has 86 valence electrons. The number of halogens is 4. The second kappa shape index (κ2) is 38.0. The highest BCUT2D eigenvalue weighted by Crippen LogP contribution is 1.95. The molecule has 0 aromatic rings. The van der Waals surface area contributed by atoms with E-state index in [0.717, 1.165) is 0 Å². The van der Waals surface area contributed by atoms with Crippen LogP contribution in [0.3, 0.4) is 0 Å². The maximum absolute atomic E-state index is 4.76. The second-order valence-corrected chi connectivity index (χ2v) is 3.53. The van der Waals surface area contributed by atoms with E-state index in [-0.39, 0.29) is 16.2 Å². The molecule has 0 aliphatic rings. The highest BCUT2D eigenvalue weighted by atomic mass is 35.5. The van der Waals surface area contributed by atoms with Crippen molar-refractivity contribution < 1.29 is 5.48 Å². The molecule has 0 atom stereocenters. The third kappa shape index (κ3) is 95.6. The van der Waals surface area contributed by atoms with Gasteiger partial charge in [0.1, 0.15) is 0 Å². The Hall–Kier alpha value is 1.12. The van der Waals surface area contributed by atoms with Crippen LogP contribution in [-0.2, 0) is 0 Å². The van der Waals surface area contributed by atoms with Crippen LogP contribution in [0.15, 0.2) is 0 Å². The van der Waals surface area contributed by atoms with E-state index in [0.29, 0.717) is 0 Å². The Morgan fingerprint density at radius 3 is 0.923 bits per heavy atom. The molecule has 0 saturated carbocycles. The van der Waals surface area contributed by atoms with Gasteiger partial charge in [0.05, 0.1) is 10.7 Å². The van der Waals surface area contributed by atoms with Crippen LogP contribution in [-0.4, -0.2) is 16.2 Å². The lowest BCUT2D eigenvalue weighted by molar-refractivity contribution is 0.702. The van der Waals surface area contributed by atoms with E-state index in [1.54, 1.807) is 0 Å². The van der Waals surface area contributed by atoms with Gasteiger partial charge >= 0.3 is 0 Å². The molecular weight excluding hydrogens is 254 g/mol. The first-order valence-electron chi connectivity index (χ1n) is 3.98. The molecule has 5 heteroatoms. The van der Waals surface area contributed by atoms with Crippen LogP contribution >= 0.6 is 46.4 Å². The van der Waals surface area contributed by atoms with E-state index in [9.17, 15) is 0 Å². The number of unbranched alkanes of at least 4 members (excludes halogenated alkanes) is 3. The first kappa shape index (κ1) is 23.7. The normalized spacial score (nSPS) is 6.92. The summed E-state index contributed by atoms with van der Waals surface area (Å²) in [4.78, 5) is 0. The second-order valence-electron chi connectivity index (χ2n) is 1.91. The molecule has 13 heavy (non-hydrogen) atoms. The predicted molar refractivity (Wildman–Crippen MR) is 66.6 cm³/mol. The minimum absolute atomic E-state index is 0. The van der Waals surface area contributed by atoms with Gasteiger partial charge in [-0.3, -0.25) is 0 Å². The number of rotatable bonds is 3. The Morgan fingerprint density at radius 2 is 0.846 bits per heavy atom. The average molecular weight is 274 g/mol. The zero-order valence-electron chi connectivity index (χ0n) is 8.25. The van der Waals surface area contributed by atoms with Gasteiger partial charge in [-0.15, -0.1) is 46.4 Å². The quantitative estimate of drug-likeness (QED) is 0.532. The molecule has 0 aliphatic carbocycles. The monoisotopic (exact) mass is 272 g/mol. The van der Waals surface area contributed by atoms with Crippen LogP contribution in [0, 0.1) is 0 Å². The molecule has 0 aliphatic heterocycles. The van der Waals surface area contributed by atoms with E-state index < -0.39 is 0 Å². The third-order valence-corrected chi connectivity index (χ3v) is 0.957. The largest absolute Gasteiger partial charge is 0.412 e. The fraction of sp³-hybridized carbons (Fsp3) is 1.00. The van der Waals surface area contributed by atoms with Gasteiger partial charge in [0.2, 0.25) is 0 Å². The molecule has 0 fully saturated rings. The van der Waals surface area contributed by atoms with Crippen molar-refractivity contribution in [2.24, 2.45) is 0 Å². The summed E-state index contributed by atoms with van der Waals surface area (Å²) in [6.07, 6.45) is 5.54. The molecule has 0 saturated heterocycles. The van der Waals surface area contributed by atoms with E-state index in [2.05, 4.69) is 13.8 Å². The van der Waals surface area contributed by atoms with Gasteiger partial charge in [-0.05, 0) is 0 Å². The van der Waals surface area contributed by atoms with Crippen molar-refractivity contribution in [1.29, 1.82) is 0 Å². The Morgan fingerprint density at radius 1 is 0.692 bits per heavy atom. The summed E-state index contributed by atoms with van der Waals surface area (Å²) >= 11 is 19.1. The standard InChI is InChI=1S/C6H14.2CH2Cl2.H2O/c1-3-5-6-4-2;2*2-1-3;/h3-6H2,1-2H3;2*1H2;1H2. The summed E-state index contributed by atoms with van der Waals surface area (Å²) < 4.78 is 0. The predicted octanol–water partition coefficient (Wildman–Crippen LogP) is 4.60. The highest BCUT2D eigenvalue weighted by molar-refractivity contribution is 6.40. The average Bonchev–Trinajstić information content (AvgIpc) is 2.04. The fourth-order valence-electron chi connectivity index (χ4n) is 0.500. The Kier molecular flexibility index (Phi) is 69.4. The van der Waals surface area contributed by atoms with Gasteiger partial charge in [-0.25, -0.2) is 0 Å². The summed E-state index contributed by atoms with van der Waals surface area (Å²) in [6, 6.07) is 0. The van der Waals surface area contributed by atoms with Crippen molar-refractivity contribution in [2.45, 2.75) is 39.5 Å². The Labute approximate surface area is 102 Å². The molecule has 0 unspecified atom stereocenters. The SMILES string of the molecule is CCCCCC.ClCCl.ClCCl.O. The molecule has 0 rings (SSSR count). The maximum atomic E-state index is 4.76. The lowest BCUT2D eigenvalue weighted by Gasteiger charge is -1.86.